The fourth-order valence-corrected chi connectivity index (χ4v) is 8.13. The minimum absolute atomic E-state index is 0.0693. The molecule has 5 nitrogen and oxygen atoms in total. The Labute approximate surface area is 162 Å². The number of likely N-dealkylation sites (tertiary alicyclic amines) is 1. The summed E-state index contributed by atoms with van der Waals surface area (Å²) >= 11 is 0. The third-order valence-electron chi connectivity index (χ3n) is 9.49. The molecule has 0 aromatic heterocycles. The number of rotatable bonds is 3. The van der Waals surface area contributed by atoms with Gasteiger partial charge in [0, 0.05) is 32.5 Å². The van der Waals surface area contributed by atoms with Crippen molar-refractivity contribution in [2.75, 3.05) is 14.2 Å². The van der Waals surface area contributed by atoms with Crippen LogP contribution in [0.15, 0.2) is 0 Å². The molecule has 0 radical (unpaired) electrons. The lowest BCUT2D eigenvalue weighted by Gasteiger charge is -2.62. The molecule has 4 fully saturated rings. The first-order chi connectivity index (χ1) is 12.7. The lowest BCUT2D eigenvalue weighted by Crippen LogP contribution is -2.61. The number of fused-ring (bicyclic) bond motifs is 5. The summed E-state index contributed by atoms with van der Waals surface area (Å²) in [5.41, 5.74) is 0.290. The van der Waals surface area contributed by atoms with Crippen molar-refractivity contribution in [1.82, 2.24) is 4.90 Å². The van der Waals surface area contributed by atoms with Crippen molar-refractivity contribution in [2.45, 2.75) is 77.4 Å². The molecular weight excluding hydrogens is 342 g/mol. The number of nitrogens with zero attached hydrogens (tertiary/aromatic N) is 1. The molecule has 1 N–H and O–H groups in total. The second kappa shape index (κ2) is 6.47. The number of methoxy groups -OCH3 is 1. The van der Waals surface area contributed by atoms with Crippen molar-refractivity contribution in [2.24, 2.45) is 34.5 Å². The van der Waals surface area contributed by atoms with E-state index in [2.05, 4.69) is 13.8 Å². The number of aliphatic carboxylic acids is 1. The van der Waals surface area contributed by atoms with Gasteiger partial charge in [-0.3, -0.25) is 4.79 Å². The van der Waals surface area contributed by atoms with Crippen molar-refractivity contribution in [3.63, 3.8) is 0 Å². The maximum atomic E-state index is 12.3. The van der Waals surface area contributed by atoms with Gasteiger partial charge in [-0.2, -0.15) is 0 Å². The Morgan fingerprint density at radius 1 is 1.11 bits per heavy atom. The molecule has 1 heterocycles. The van der Waals surface area contributed by atoms with Crippen LogP contribution in [0.2, 0.25) is 0 Å². The zero-order valence-electron chi connectivity index (χ0n) is 17.2. The summed E-state index contributed by atoms with van der Waals surface area (Å²) in [6.45, 7) is 4.77. The Morgan fingerprint density at radius 3 is 2.48 bits per heavy atom. The van der Waals surface area contributed by atoms with Crippen molar-refractivity contribution in [3.05, 3.63) is 0 Å². The van der Waals surface area contributed by atoms with Gasteiger partial charge in [0.1, 0.15) is 0 Å². The molecule has 4 rings (SSSR count). The van der Waals surface area contributed by atoms with Crippen LogP contribution in [0.4, 0.5) is 0 Å². The summed E-state index contributed by atoms with van der Waals surface area (Å²) in [5, 5.41) is 9.66. The van der Waals surface area contributed by atoms with E-state index in [1.165, 1.54) is 12.8 Å². The Kier molecular flexibility index (Phi) is 4.60. The first-order valence-corrected chi connectivity index (χ1v) is 10.8. The lowest BCUT2D eigenvalue weighted by atomic mass is 9.46. The highest BCUT2D eigenvalue weighted by Crippen LogP contribution is 2.66. The summed E-state index contributed by atoms with van der Waals surface area (Å²) < 4.78 is 5.43. The van der Waals surface area contributed by atoms with Crippen LogP contribution in [0, 0.1) is 34.5 Å². The zero-order valence-corrected chi connectivity index (χ0v) is 17.2. The van der Waals surface area contributed by atoms with E-state index in [0.717, 1.165) is 32.1 Å². The van der Waals surface area contributed by atoms with Gasteiger partial charge in [0.05, 0.1) is 0 Å². The van der Waals surface area contributed by atoms with E-state index in [1.807, 2.05) is 11.9 Å². The van der Waals surface area contributed by atoms with Crippen LogP contribution in [-0.4, -0.2) is 48.2 Å². The number of ether oxygens (including phenoxy) is 1. The van der Waals surface area contributed by atoms with Crippen LogP contribution in [0.25, 0.3) is 0 Å². The predicted molar refractivity (Wildman–Crippen MR) is 102 cm³/mol. The van der Waals surface area contributed by atoms with E-state index in [4.69, 9.17) is 4.74 Å². The Morgan fingerprint density at radius 2 is 1.81 bits per heavy atom. The van der Waals surface area contributed by atoms with Crippen LogP contribution < -0.4 is 0 Å². The molecule has 0 bridgehead atoms. The molecule has 0 aromatic carbocycles. The molecule has 3 saturated carbocycles. The third-order valence-corrected chi connectivity index (χ3v) is 9.49. The standard InChI is InChI=1S/C22H35NO4/c1-21-11-9-15-13(14(21)6-7-16(21)19(27-4)20(25)26)5-8-17-22(15,2)12-10-18(24)23(17)3/h13-17,19H,5-12H2,1-4H3,(H,25,26)/t13-,14-,15-,16?,17+,19?,21-,22+/m0/s1. The fraction of sp³-hybridized carbons (Fsp3) is 0.909. The van der Waals surface area contributed by atoms with Gasteiger partial charge < -0.3 is 14.7 Å². The smallest absolute Gasteiger partial charge is 0.333 e. The quantitative estimate of drug-likeness (QED) is 0.816. The number of hydrogen-bond donors (Lipinski definition) is 1. The second-order valence-corrected chi connectivity index (χ2v) is 10.2. The van der Waals surface area contributed by atoms with Gasteiger partial charge in [0.15, 0.2) is 6.10 Å². The molecule has 0 spiro atoms. The third kappa shape index (κ3) is 2.60. The topological polar surface area (TPSA) is 66.8 Å². The number of carboxylic acid groups (broad SMARTS) is 1. The van der Waals surface area contributed by atoms with Crippen LogP contribution in [0.3, 0.4) is 0 Å². The molecule has 5 heteroatoms. The highest BCUT2D eigenvalue weighted by molar-refractivity contribution is 5.77. The van der Waals surface area contributed by atoms with Crippen molar-refractivity contribution >= 4 is 11.9 Å². The first-order valence-electron chi connectivity index (χ1n) is 10.8. The monoisotopic (exact) mass is 377 g/mol. The van der Waals surface area contributed by atoms with E-state index in [0.29, 0.717) is 36.1 Å². The number of amides is 1. The largest absolute Gasteiger partial charge is 0.479 e. The molecule has 27 heavy (non-hydrogen) atoms. The summed E-state index contributed by atoms with van der Waals surface area (Å²) in [5.74, 6) is 1.54. The fourth-order valence-electron chi connectivity index (χ4n) is 8.13. The highest BCUT2D eigenvalue weighted by Gasteiger charge is 2.62. The SMILES string of the molecule is COC(C(=O)O)C1CC[C@H]2[C@@H]3CC[C@H]4N(C)C(=O)CC[C@]4(C)[C@H]3CC[C@]12C. The molecule has 4 aliphatic rings. The number of piperidine rings is 1. The Bertz CT molecular complexity index is 636. The summed E-state index contributed by atoms with van der Waals surface area (Å²) in [6.07, 6.45) is 7.66. The van der Waals surface area contributed by atoms with Crippen LogP contribution >= 0.6 is 0 Å². The molecule has 8 atom stereocenters. The van der Waals surface area contributed by atoms with E-state index in [-0.39, 0.29) is 16.7 Å². The van der Waals surface area contributed by atoms with E-state index >= 15 is 0 Å². The van der Waals surface area contributed by atoms with Gasteiger partial charge >= 0.3 is 5.97 Å². The number of carbonyl (C=O) groups is 2. The summed E-state index contributed by atoms with van der Waals surface area (Å²) in [6, 6.07) is 0.382. The van der Waals surface area contributed by atoms with Crippen LogP contribution in [-0.2, 0) is 14.3 Å². The van der Waals surface area contributed by atoms with Gasteiger partial charge in [-0.1, -0.05) is 13.8 Å². The minimum Gasteiger partial charge on any atom is -0.479 e. The van der Waals surface area contributed by atoms with Gasteiger partial charge in [-0.15, -0.1) is 0 Å². The molecule has 1 saturated heterocycles. The van der Waals surface area contributed by atoms with Crippen molar-refractivity contribution in [1.29, 1.82) is 0 Å². The number of hydrogen-bond acceptors (Lipinski definition) is 3. The van der Waals surface area contributed by atoms with E-state index in [1.54, 1.807) is 7.11 Å². The van der Waals surface area contributed by atoms with Crippen LogP contribution in [0.5, 0.6) is 0 Å². The van der Waals surface area contributed by atoms with Gasteiger partial charge in [0.2, 0.25) is 5.91 Å². The summed E-state index contributed by atoms with van der Waals surface area (Å²) in [7, 11) is 3.54. The van der Waals surface area contributed by atoms with Gasteiger partial charge in [-0.25, -0.2) is 4.79 Å². The van der Waals surface area contributed by atoms with Crippen molar-refractivity contribution in [3.8, 4) is 0 Å². The lowest BCUT2D eigenvalue weighted by molar-refractivity contribution is -0.165. The van der Waals surface area contributed by atoms with Gasteiger partial charge in [-0.05, 0) is 73.5 Å². The Hall–Kier alpha value is -1.10. The molecular formula is C22H35NO4. The van der Waals surface area contributed by atoms with Gasteiger partial charge in [0.25, 0.3) is 0 Å². The average Bonchev–Trinajstić information content (AvgIpc) is 2.96. The van der Waals surface area contributed by atoms with E-state index < -0.39 is 12.1 Å². The molecule has 1 aliphatic heterocycles. The highest BCUT2D eigenvalue weighted by atomic mass is 16.5. The summed E-state index contributed by atoms with van der Waals surface area (Å²) in [4.78, 5) is 26.1. The normalized spacial score (nSPS) is 47.8. The predicted octanol–water partition coefficient (Wildman–Crippen LogP) is 3.57. The average molecular weight is 378 g/mol. The maximum absolute atomic E-state index is 12.3. The number of carbonyl (C=O) groups excluding carboxylic acids is 1. The first kappa shape index (κ1) is 19.2. The molecule has 2 unspecified atom stereocenters. The van der Waals surface area contributed by atoms with Crippen LogP contribution in [0.1, 0.15) is 65.2 Å². The minimum atomic E-state index is -0.811. The zero-order chi connectivity index (χ0) is 19.6. The molecule has 1 amide bonds. The Balaban J connectivity index is 1.61. The maximum Gasteiger partial charge on any atom is 0.333 e. The molecule has 152 valence electrons. The molecule has 3 aliphatic carbocycles. The van der Waals surface area contributed by atoms with Crippen molar-refractivity contribution < 1.29 is 19.4 Å². The number of carboxylic acids is 1. The van der Waals surface area contributed by atoms with E-state index in [9.17, 15) is 14.7 Å². The molecule has 0 aromatic rings. The second-order valence-electron chi connectivity index (χ2n) is 10.2.